The average molecular weight is 466 g/mol. The predicted octanol–water partition coefficient (Wildman–Crippen LogP) is 4.78. The van der Waals surface area contributed by atoms with Crippen LogP contribution >= 0.6 is 11.6 Å². The highest BCUT2D eigenvalue weighted by atomic mass is 35.5. The molecule has 0 saturated carbocycles. The number of aliphatic hydroxyl groups is 1. The molecule has 0 radical (unpaired) electrons. The number of rotatable bonds is 7. The molecule has 1 amide bonds. The average Bonchev–Trinajstić information content (AvgIpc) is 3.32. The van der Waals surface area contributed by atoms with Crippen LogP contribution in [0.5, 0.6) is 0 Å². The van der Waals surface area contributed by atoms with Crippen molar-refractivity contribution < 1.29 is 14.3 Å². The minimum atomic E-state index is -0.535. The van der Waals surface area contributed by atoms with Crippen LogP contribution in [0, 0.1) is 12.7 Å². The third kappa shape index (κ3) is 5.02. The molecule has 2 aromatic carbocycles. The number of halogens is 2. The van der Waals surface area contributed by atoms with Crippen molar-refractivity contribution >= 4 is 29.1 Å². The Morgan fingerprint density at radius 2 is 2.00 bits per heavy atom. The first kappa shape index (κ1) is 22.4. The van der Waals surface area contributed by atoms with Crippen molar-refractivity contribution in [2.75, 3.05) is 11.9 Å². The van der Waals surface area contributed by atoms with Gasteiger partial charge in [-0.1, -0.05) is 48.0 Å². The third-order valence-electron chi connectivity index (χ3n) is 5.06. The number of hydrogen-bond donors (Lipinski definition) is 4. The van der Waals surface area contributed by atoms with E-state index in [1.807, 2.05) is 37.3 Å². The summed E-state index contributed by atoms with van der Waals surface area (Å²) in [5.41, 5.74) is 3.18. The van der Waals surface area contributed by atoms with Crippen LogP contribution in [0.25, 0.3) is 11.3 Å². The minimum Gasteiger partial charge on any atom is -0.394 e. The van der Waals surface area contributed by atoms with Crippen LogP contribution in [-0.2, 0) is 0 Å². The largest absolute Gasteiger partial charge is 0.394 e. The van der Waals surface area contributed by atoms with Crippen molar-refractivity contribution in [3.8, 4) is 11.3 Å². The van der Waals surface area contributed by atoms with Gasteiger partial charge < -0.3 is 20.7 Å². The van der Waals surface area contributed by atoms with E-state index in [9.17, 15) is 14.3 Å². The maximum atomic E-state index is 14.1. The number of anilines is 2. The third-order valence-corrected chi connectivity index (χ3v) is 5.38. The minimum absolute atomic E-state index is 0.0825. The molecule has 4 aromatic rings. The molecular weight excluding hydrogens is 445 g/mol. The Labute approximate surface area is 194 Å². The lowest BCUT2D eigenvalue weighted by molar-refractivity contribution is 0.0911. The van der Waals surface area contributed by atoms with Crippen molar-refractivity contribution in [3.63, 3.8) is 0 Å². The molecule has 0 bridgehead atoms. The van der Waals surface area contributed by atoms with Crippen LogP contribution in [0.4, 0.5) is 16.0 Å². The van der Waals surface area contributed by atoms with Gasteiger partial charge in [-0.05, 0) is 36.2 Å². The van der Waals surface area contributed by atoms with E-state index < -0.39 is 11.9 Å². The van der Waals surface area contributed by atoms with Crippen molar-refractivity contribution in [1.82, 2.24) is 20.3 Å². The highest BCUT2D eigenvalue weighted by Crippen LogP contribution is 2.29. The highest BCUT2D eigenvalue weighted by Gasteiger charge is 2.18. The van der Waals surface area contributed by atoms with E-state index in [4.69, 9.17) is 11.6 Å². The summed E-state index contributed by atoms with van der Waals surface area (Å²) in [5, 5.41) is 15.5. The van der Waals surface area contributed by atoms with E-state index in [0.29, 0.717) is 17.0 Å². The van der Waals surface area contributed by atoms with Gasteiger partial charge in [-0.2, -0.15) is 0 Å². The lowest BCUT2D eigenvalue weighted by atomic mass is 10.1. The van der Waals surface area contributed by atoms with Crippen LogP contribution in [0.3, 0.4) is 0 Å². The summed E-state index contributed by atoms with van der Waals surface area (Å²) in [7, 11) is 0. The Morgan fingerprint density at radius 3 is 2.73 bits per heavy atom. The van der Waals surface area contributed by atoms with Gasteiger partial charge in [0.1, 0.15) is 11.5 Å². The molecule has 9 heteroatoms. The number of carbonyl (C=O) groups excluding carboxylic acids is 1. The number of carbonyl (C=O) groups is 1. The molecule has 4 N–H and O–H groups in total. The number of nitrogens with zero attached hydrogens (tertiary/aromatic N) is 2. The summed E-state index contributed by atoms with van der Waals surface area (Å²) in [5.74, 6) is -0.725. The van der Waals surface area contributed by atoms with Gasteiger partial charge in [0.25, 0.3) is 5.91 Å². The van der Waals surface area contributed by atoms with Crippen LogP contribution in [0.2, 0.25) is 5.02 Å². The summed E-state index contributed by atoms with van der Waals surface area (Å²) < 4.78 is 14.1. The van der Waals surface area contributed by atoms with Crippen LogP contribution in [0.1, 0.15) is 27.7 Å². The van der Waals surface area contributed by atoms with Crippen molar-refractivity contribution in [2.24, 2.45) is 0 Å². The molecule has 0 aliphatic rings. The lowest BCUT2D eigenvalue weighted by Crippen LogP contribution is -2.30. The Hall–Kier alpha value is -3.75. The van der Waals surface area contributed by atoms with Gasteiger partial charge in [-0.15, -0.1) is 0 Å². The maximum Gasteiger partial charge on any atom is 0.268 e. The number of amides is 1. The molecule has 4 rings (SSSR count). The molecule has 168 valence electrons. The molecule has 7 nitrogen and oxygen atoms in total. The zero-order valence-electron chi connectivity index (χ0n) is 17.6. The molecule has 0 spiro atoms. The van der Waals surface area contributed by atoms with E-state index in [1.54, 1.807) is 24.5 Å². The van der Waals surface area contributed by atoms with Crippen molar-refractivity contribution in [1.29, 1.82) is 0 Å². The second-order valence-corrected chi connectivity index (χ2v) is 7.78. The molecule has 0 aliphatic carbocycles. The number of aliphatic hydroxyl groups excluding tert-OH is 1. The van der Waals surface area contributed by atoms with Gasteiger partial charge >= 0.3 is 0 Å². The molecule has 33 heavy (non-hydrogen) atoms. The first-order valence-electron chi connectivity index (χ1n) is 10.2. The van der Waals surface area contributed by atoms with E-state index in [1.165, 1.54) is 12.1 Å². The number of benzene rings is 2. The molecule has 0 aliphatic heterocycles. The fourth-order valence-corrected chi connectivity index (χ4v) is 3.55. The monoisotopic (exact) mass is 465 g/mol. The smallest absolute Gasteiger partial charge is 0.268 e. The second-order valence-electron chi connectivity index (χ2n) is 7.37. The summed E-state index contributed by atoms with van der Waals surface area (Å²) in [6.45, 7) is 1.60. The van der Waals surface area contributed by atoms with E-state index in [-0.39, 0.29) is 29.2 Å². The van der Waals surface area contributed by atoms with Gasteiger partial charge in [0.15, 0.2) is 0 Å². The molecule has 0 saturated heterocycles. The van der Waals surface area contributed by atoms with E-state index in [2.05, 4.69) is 25.6 Å². The molecule has 2 heterocycles. The number of para-hydroxylation sites is 1. The van der Waals surface area contributed by atoms with Gasteiger partial charge in [0, 0.05) is 18.0 Å². The van der Waals surface area contributed by atoms with E-state index >= 15 is 0 Å². The normalized spacial score (nSPS) is 11.8. The first-order valence-corrected chi connectivity index (χ1v) is 10.5. The first-order chi connectivity index (χ1) is 16.0. The number of aryl methyl sites for hydroxylation is 1. The molecular formula is C24H21ClFN5O2. The van der Waals surface area contributed by atoms with Crippen molar-refractivity contribution in [3.05, 3.63) is 94.7 Å². The Bertz CT molecular complexity index is 1260. The maximum absolute atomic E-state index is 14.1. The molecule has 1 atom stereocenters. The topological polar surface area (TPSA) is 103 Å². The zero-order valence-corrected chi connectivity index (χ0v) is 18.4. The number of aromatic amines is 1. The highest BCUT2D eigenvalue weighted by molar-refractivity contribution is 6.33. The number of nitrogens with one attached hydrogen (secondary N) is 3. The number of aromatic nitrogens is 3. The van der Waals surface area contributed by atoms with Gasteiger partial charge in [0.2, 0.25) is 5.95 Å². The Morgan fingerprint density at radius 1 is 1.21 bits per heavy atom. The Kier molecular flexibility index (Phi) is 6.67. The number of hydrogen-bond acceptors (Lipinski definition) is 5. The quantitative estimate of drug-likeness (QED) is 0.314. The lowest BCUT2D eigenvalue weighted by Gasteiger charge is -2.16. The zero-order chi connectivity index (χ0) is 23.4. The van der Waals surface area contributed by atoms with Crippen LogP contribution < -0.4 is 10.6 Å². The van der Waals surface area contributed by atoms with Crippen LogP contribution in [-0.4, -0.2) is 32.6 Å². The molecule has 2 aromatic heterocycles. The summed E-state index contributed by atoms with van der Waals surface area (Å²) in [6, 6.07) is 14.7. The van der Waals surface area contributed by atoms with Crippen LogP contribution in [0.15, 0.2) is 67.0 Å². The summed E-state index contributed by atoms with van der Waals surface area (Å²) in [6.07, 6.45) is 3.25. The van der Waals surface area contributed by atoms with Gasteiger partial charge in [-0.25, -0.2) is 14.4 Å². The fourth-order valence-electron chi connectivity index (χ4n) is 3.34. The number of H-pyrrole nitrogens is 1. The van der Waals surface area contributed by atoms with E-state index in [0.717, 1.165) is 11.1 Å². The SMILES string of the molecule is Cc1cnc(Nc2c(F)cccc2Cl)nc1-c1c[nH]c(C(=O)NC(CO)c2ccccc2)c1. The standard InChI is InChI=1S/C24H21ClFN5O2/c1-14-11-28-24(31-22-17(25)8-5-9-18(22)26)30-21(14)16-10-19(27-12-16)23(33)29-20(13-32)15-6-3-2-4-7-15/h2-12,20,27,32H,13H2,1H3,(H,29,33)(H,28,30,31). The summed E-state index contributed by atoms with van der Waals surface area (Å²) in [4.78, 5) is 24.4. The van der Waals surface area contributed by atoms with Gasteiger partial charge in [0.05, 0.1) is 29.1 Å². The van der Waals surface area contributed by atoms with Crippen molar-refractivity contribution in [2.45, 2.75) is 13.0 Å². The second kappa shape index (κ2) is 9.81. The Balaban J connectivity index is 1.55. The summed E-state index contributed by atoms with van der Waals surface area (Å²) >= 11 is 6.08. The predicted molar refractivity (Wildman–Crippen MR) is 125 cm³/mol. The molecule has 1 unspecified atom stereocenters. The van der Waals surface area contributed by atoms with Gasteiger partial charge in [-0.3, -0.25) is 4.79 Å². The molecule has 0 fully saturated rings. The fraction of sp³-hybridized carbons (Fsp3) is 0.125.